The number of para-hydroxylation sites is 1. The van der Waals surface area contributed by atoms with Crippen LogP contribution in [0.5, 0.6) is 0 Å². The SMILES string of the molecule is COC(=O)[C@@H]1CC(Cc2cn(S(=O)(=O)c3ccc(C)cc3)c3ccccc23)C(=O)N1C(=O)OC(C)(C)C. The van der Waals surface area contributed by atoms with Crippen LogP contribution in [-0.2, 0) is 35.5 Å². The number of hydrogen-bond acceptors (Lipinski definition) is 7. The molecule has 0 spiro atoms. The van der Waals surface area contributed by atoms with E-state index in [1.54, 1.807) is 69.3 Å². The van der Waals surface area contributed by atoms with E-state index < -0.39 is 45.6 Å². The van der Waals surface area contributed by atoms with Crippen LogP contribution in [-0.4, -0.2) is 54.0 Å². The van der Waals surface area contributed by atoms with Gasteiger partial charge in [-0.05, 0) is 64.3 Å². The highest BCUT2D eigenvalue weighted by Gasteiger charge is 2.48. The minimum absolute atomic E-state index is 0.0367. The van der Waals surface area contributed by atoms with Crippen molar-refractivity contribution in [2.24, 2.45) is 5.92 Å². The Morgan fingerprint density at radius 2 is 1.70 bits per heavy atom. The zero-order valence-corrected chi connectivity index (χ0v) is 22.2. The lowest BCUT2D eigenvalue weighted by molar-refractivity contribution is -0.148. The molecule has 2 heterocycles. The average Bonchev–Trinajstić information content (AvgIpc) is 3.36. The number of ether oxygens (including phenoxy) is 2. The monoisotopic (exact) mass is 526 g/mol. The van der Waals surface area contributed by atoms with Gasteiger partial charge in [0.1, 0.15) is 11.6 Å². The predicted molar refractivity (Wildman–Crippen MR) is 136 cm³/mol. The van der Waals surface area contributed by atoms with E-state index in [0.29, 0.717) is 16.5 Å². The molecule has 2 amide bonds. The van der Waals surface area contributed by atoms with Crippen LogP contribution in [0.15, 0.2) is 59.6 Å². The maximum absolute atomic E-state index is 13.5. The van der Waals surface area contributed by atoms with E-state index in [0.717, 1.165) is 10.5 Å². The first-order valence-corrected chi connectivity index (χ1v) is 13.3. The average molecular weight is 527 g/mol. The van der Waals surface area contributed by atoms with Crippen molar-refractivity contribution in [3.05, 3.63) is 65.9 Å². The molecule has 0 N–H and O–H groups in total. The minimum atomic E-state index is -3.91. The number of carbonyl (C=O) groups is 3. The molecule has 2 atom stereocenters. The third kappa shape index (κ3) is 5.11. The van der Waals surface area contributed by atoms with E-state index in [1.165, 1.54) is 17.3 Å². The summed E-state index contributed by atoms with van der Waals surface area (Å²) >= 11 is 0. The summed E-state index contributed by atoms with van der Waals surface area (Å²) < 4.78 is 38.4. The number of nitrogens with zero attached hydrogens (tertiary/aromatic N) is 2. The molecule has 0 bridgehead atoms. The largest absolute Gasteiger partial charge is 0.467 e. The third-order valence-corrected chi connectivity index (χ3v) is 7.96. The Balaban J connectivity index is 1.71. The zero-order chi connectivity index (χ0) is 27.1. The molecule has 0 saturated carbocycles. The zero-order valence-electron chi connectivity index (χ0n) is 21.4. The summed E-state index contributed by atoms with van der Waals surface area (Å²) in [5.41, 5.74) is 1.15. The number of methoxy groups -OCH3 is 1. The summed E-state index contributed by atoms with van der Waals surface area (Å²) in [7, 11) is -2.72. The van der Waals surface area contributed by atoms with Gasteiger partial charge in [-0.1, -0.05) is 35.9 Å². The molecular weight excluding hydrogens is 496 g/mol. The summed E-state index contributed by atoms with van der Waals surface area (Å²) in [6.45, 7) is 6.87. The normalized spacial score (nSPS) is 18.3. The molecule has 4 rings (SSSR count). The van der Waals surface area contributed by atoms with Crippen molar-refractivity contribution < 1.29 is 32.3 Å². The van der Waals surface area contributed by atoms with Gasteiger partial charge in [-0.15, -0.1) is 0 Å². The number of hydrogen-bond donors (Lipinski definition) is 0. The second kappa shape index (κ2) is 9.66. The Labute approximate surface area is 216 Å². The lowest BCUT2D eigenvalue weighted by Gasteiger charge is -2.26. The van der Waals surface area contributed by atoms with Crippen LogP contribution in [0.3, 0.4) is 0 Å². The fraction of sp³-hybridized carbons (Fsp3) is 0.370. The Morgan fingerprint density at radius 3 is 2.32 bits per heavy atom. The van der Waals surface area contributed by atoms with Crippen LogP contribution in [0, 0.1) is 12.8 Å². The van der Waals surface area contributed by atoms with E-state index in [-0.39, 0.29) is 17.7 Å². The standard InChI is InChI=1S/C27H30N2O7S/c1-17-10-12-20(13-11-17)37(33,34)28-16-19(21-8-6-7-9-22(21)28)14-18-15-23(25(31)35-5)29(24(18)30)26(32)36-27(2,3)4/h6-13,16,18,23H,14-15H2,1-5H3/t18?,23-/m0/s1. The number of carbonyl (C=O) groups excluding carboxylic acids is 3. The predicted octanol–water partition coefficient (Wildman–Crippen LogP) is 4.05. The van der Waals surface area contributed by atoms with Crippen LogP contribution in [0.1, 0.15) is 38.3 Å². The Hall–Kier alpha value is -3.66. The van der Waals surface area contributed by atoms with Crippen LogP contribution in [0.4, 0.5) is 4.79 Å². The smallest absolute Gasteiger partial charge is 0.417 e. The van der Waals surface area contributed by atoms with Crippen molar-refractivity contribution >= 4 is 38.9 Å². The molecule has 1 saturated heterocycles. The molecule has 0 radical (unpaired) electrons. The number of benzene rings is 2. The molecule has 1 aliphatic rings. The van der Waals surface area contributed by atoms with Gasteiger partial charge in [-0.3, -0.25) is 4.79 Å². The van der Waals surface area contributed by atoms with Crippen molar-refractivity contribution in [3.8, 4) is 0 Å². The second-order valence-corrected chi connectivity index (χ2v) is 12.0. The Kier molecular flexibility index (Phi) is 6.89. The number of rotatable bonds is 5. The minimum Gasteiger partial charge on any atom is -0.467 e. The summed E-state index contributed by atoms with van der Waals surface area (Å²) in [5, 5.41) is 0.663. The highest BCUT2D eigenvalue weighted by atomic mass is 32.2. The molecule has 3 aromatic rings. The summed E-state index contributed by atoms with van der Waals surface area (Å²) in [6.07, 6.45) is 0.758. The molecule has 10 heteroatoms. The van der Waals surface area contributed by atoms with Crippen molar-refractivity contribution in [1.82, 2.24) is 8.87 Å². The quantitative estimate of drug-likeness (QED) is 0.461. The van der Waals surface area contributed by atoms with Gasteiger partial charge in [-0.2, -0.15) is 0 Å². The third-order valence-electron chi connectivity index (χ3n) is 6.27. The first-order valence-electron chi connectivity index (χ1n) is 11.9. The lowest BCUT2D eigenvalue weighted by atomic mass is 9.96. The molecule has 9 nitrogen and oxygen atoms in total. The summed E-state index contributed by atoms with van der Waals surface area (Å²) in [6, 6.07) is 12.5. The van der Waals surface area contributed by atoms with Gasteiger partial charge >= 0.3 is 12.1 Å². The molecule has 1 unspecified atom stereocenters. The maximum Gasteiger partial charge on any atom is 0.417 e. The lowest BCUT2D eigenvalue weighted by Crippen LogP contribution is -2.46. The van der Waals surface area contributed by atoms with Crippen LogP contribution in [0.25, 0.3) is 10.9 Å². The van der Waals surface area contributed by atoms with Crippen molar-refractivity contribution in [3.63, 3.8) is 0 Å². The van der Waals surface area contributed by atoms with Gasteiger partial charge < -0.3 is 9.47 Å². The molecule has 1 aliphatic heterocycles. The Bertz CT molecular complexity index is 1470. The van der Waals surface area contributed by atoms with Crippen molar-refractivity contribution in [2.75, 3.05) is 7.11 Å². The van der Waals surface area contributed by atoms with Gasteiger partial charge in [0.05, 0.1) is 17.5 Å². The van der Waals surface area contributed by atoms with E-state index in [2.05, 4.69) is 0 Å². The number of amides is 2. The van der Waals surface area contributed by atoms with E-state index in [1.807, 2.05) is 6.92 Å². The van der Waals surface area contributed by atoms with Gasteiger partial charge in [0, 0.05) is 17.5 Å². The van der Waals surface area contributed by atoms with Crippen LogP contribution in [0.2, 0.25) is 0 Å². The van der Waals surface area contributed by atoms with E-state index in [9.17, 15) is 22.8 Å². The maximum atomic E-state index is 13.5. The molecular formula is C27H30N2O7S. The highest BCUT2D eigenvalue weighted by molar-refractivity contribution is 7.90. The first-order chi connectivity index (χ1) is 17.3. The van der Waals surface area contributed by atoms with Crippen molar-refractivity contribution in [1.29, 1.82) is 0 Å². The summed E-state index contributed by atoms with van der Waals surface area (Å²) in [4.78, 5) is 39.6. The first kappa shape index (κ1) is 26.4. The molecule has 1 fully saturated rings. The number of esters is 1. The number of likely N-dealkylation sites (tertiary alicyclic amines) is 1. The van der Waals surface area contributed by atoms with Gasteiger partial charge in [0.2, 0.25) is 5.91 Å². The van der Waals surface area contributed by atoms with Gasteiger partial charge in [0.15, 0.2) is 0 Å². The van der Waals surface area contributed by atoms with Gasteiger partial charge in [-0.25, -0.2) is 26.9 Å². The summed E-state index contributed by atoms with van der Waals surface area (Å²) in [5.74, 6) is -2.04. The number of aromatic nitrogens is 1. The highest BCUT2D eigenvalue weighted by Crippen LogP contribution is 2.34. The van der Waals surface area contributed by atoms with E-state index in [4.69, 9.17) is 9.47 Å². The molecule has 1 aromatic heterocycles. The Morgan fingerprint density at radius 1 is 1.05 bits per heavy atom. The number of fused-ring (bicyclic) bond motifs is 1. The van der Waals surface area contributed by atoms with Crippen molar-refractivity contribution in [2.45, 2.75) is 57.1 Å². The topological polar surface area (TPSA) is 112 Å². The van der Waals surface area contributed by atoms with Gasteiger partial charge in [0.25, 0.3) is 10.0 Å². The fourth-order valence-electron chi connectivity index (χ4n) is 4.53. The van der Waals surface area contributed by atoms with Crippen LogP contribution >= 0.6 is 0 Å². The van der Waals surface area contributed by atoms with Crippen LogP contribution < -0.4 is 0 Å². The number of imide groups is 1. The van der Waals surface area contributed by atoms with E-state index >= 15 is 0 Å². The fourth-order valence-corrected chi connectivity index (χ4v) is 5.92. The second-order valence-electron chi connectivity index (χ2n) is 10.1. The number of aryl methyl sites for hydroxylation is 1. The molecule has 37 heavy (non-hydrogen) atoms. The molecule has 0 aliphatic carbocycles. The molecule has 196 valence electrons. The molecule has 2 aromatic carbocycles.